The largest absolute Gasteiger partial charge is 0.449 e. The minimum atomic E-state index is -1.19. The molecule has 0 spiro atoms. The number of nitrogens with one attached hydrogen (secondary N) is 5. The minimum Gasteiger partial charge on any atom is -0.449 e. The summed E-state index contributed by atoms with van der Waals surface area (Å²) in [5, 5.41) is 13.1. The van der Waals surface area contributed by atoms with Gasteiger partial charge in [-0.25, -0.2) is 4.79 Å². The van der Waals surface area contributed by atoms with Gasteiger partial charge in [-0.2, -0.15) is 0 Å². The molecule has 14 heteroatoms. The van der Waals surface area contributed by atoms with E-state index < -0.39 is 72.1 Å². The third-order valence-corrected chi connectivity index (χ3v) is 10.4. The van der Waals surface area contributed by atoms with Crippen LogP contribution in [0.2, 0.25) is 0 Å². The van der Waals surface area contributed by atoms with Crippen LogP contribution in [0.25, 0.3) is 11.1 Å². The summed E-state index contributed by atoms with van der Waals surface area (Å²) in [6, 6.07) is 11.8. The number of carbonyl (C=O) groups excluding carboxylic acids is 7. The number of rotatable bonds is 7. The average Bonchev–Trinajstić information content (AvgIpc) is 3.80. The number of nitrogens with zero attached hydrogens (tertiary/aromatic N) is 1. The number of fused-ring (bicyclic) bond motifs is 3. The van der Waals surface area contributed by atoms with E-state index >= 15 is 0 Å². The Hall–Kier alpha value is -5.53. The molecule has 1 saturated carbocycles. The van der Waals surface area contributed by atoms with Crippen LogP contribution in [-0.4, -0.2) is 96.7 Å². The first-order valence-corrected chi connectivity index (χ1v) is 19.3. The summed E-state index contributed by atoms with van der Waals surface area (Å²) in [5.74, 6) is -4.32. The van der Waals surface area contributed by atoms with Crippen molar-refractivity contribution in [3.05, 3.63) is 71.8 Å². The van der Waals surface area contributed by atoms with E-state index in [2.05, 4.69) is 26.6 Å². The zero-order valence-electron chi connectivity index (χ0n) is 31.7. The topological polar surface area (TPSA) is 192 Å². The molecule has 2 aromatic rings. The van der Waals surface area contributed by atoms with Crippen molar-refractivity contribution in [3.63, 3.8) is 0 Å². The van der Waals surface area contributed by atoms with E-state index in [1.807, 2.05) is 48.5 Å². The van der Waals surface area contributed by atoms with Crippen LogP contribution in [0.3, 0.4) is 0 Å². The van der Waals surface area contributed by atoms with Gasteiger partial charge in [-0.05, 0) is 67.7 Å². The van der Waals surface area contributed by atoms with E-state index in [9.17, 15) is 33.6 Å². The highest BCUT2D eigenvalue weighted by molar-refractivity contribution is 6.38. The second-order valence-electron chi connectivity index (χ2n) is 14.6. The Bertz CT molecular complexity index is 1740. The van der Waals surface area contributed by atoms with Crippen molar-refractivity contribution in [1.29, 1.82) is 0 Å². The minimum absolute atomic E-state index is 0.0103. The molecule has 1 aliphatic heterocycles. The number of hydrogen-bond acceptors (Lipinski definition) is 8. The molecule has 5 rings (SSSR count). The van der Waals surface area contributed by atoms with Gasteiger partial charge in [0.1, 0.15) is 18.7 Å². The fourth-order valence-electron chi connectivity index (χ4n) is 7.49. The standard InChI is InChI=1S/C41H52N6O8/c1-4-11-33-37(50)39(52)44-26(3)38(51)43-25(2)18-19-35(48)42-21-20-34(40(53)47(23-36(49)45-33)22-27-12-5-6-13-27)46-41(54)55-24-32-30-16-9-7-14-28(30)29-15-8-10-17-31(29)32/h7-10,14-19,25-27,32-34H,4-6,11-13,20-24H2,1-3H3,(H,42,48)(H,43,51)(H,44,52)(H,45,49)(H,46,54)/t25-,26-,33-,34-/m0/s1. The number of benzene rings is 2. The third kappa shape index (κ3) is 10.8. The van der Waals surface area contributed by atoms with Crippen LogP contribution in [-0.2, 0) is 33.5 Å². The highest BCUT2D eigenvalue weighted by Gasteiger charge is 2.34. The maximum atomic E-state index is 14.4. The second kappa shape index (κ2) is 19.2. The summed E-state index contributed by atoms with van der Waals surface area (Å²) in [7, 11) is 0. The molecule has 2 aliphatic carbocycles. The highest BCUT2D eigenvalue weighted by Crippen LogP contribution is 2.44. The molecular weight excluding hydrogens is 704 g/mol. The van der Waals surface area contributed by atoms with Crippen LogP contribution in [0.15, 0.2) is 60.7 Å². The Morgan fingerprint density at radius 1 is 0.873 bits per heavy atom. The molecule has 0 radical (unpaired) electrons. The Labute approximate surface area is 321 Å². The SMILES string of the molecule is CCC[C@@H]1NC(=O)CN(CC2CCCC2)C(=O)[C@@H](NC(=O)OCC2c3ccccc3-c3ccccc32)CCNC(=O)C=C[C@H](C)NC(=O)[C@H](C)NC(=O)C1=O. The van der Waals surface area contributed by atoms with Gasteiger partial charge in [0.2, 0.25) is 29.4 Å². The Kier molecular flexibility index (Phi) is 14.2. The molecule has 0 saturated heterocycles. The van der Waals surface area contributed by atoms with Gasteiger partial charge in [0.25, 0.3) is 5.91 Å². The molecule has 1 fully saturated rings. The monoisotopic (exact) mass is 756 g/mol. The number of alkyl carbamates (subject to hydrolysis) is 1. The molecule has 0 unspecified atom stereocenters. The van der Waals surface area contributed by atoms with Gasteiger partial charge in [0.05, 0.1) is 12.6 Å². The third-order valence-electron chi connectivity index (χ3n) is 10.4. The number of carbonyl (C=O) groups is 7. The van der Waals surface area contributed by atoms with E-state index in [0.29, 0.717) is 6.42 Å². The van der Waals surface area contributed by atoms with Crippen molar-refractivity contribution in [3.8, 4) is 11.1 Å². The summed E-state index contributed by atoms with van der Waals surface area (Å²) in [6.07, 6.45) is 6.15. The summed E-state index contributed by atoms with van der Waals surface area (Å²) >= 11 is 0. The van der Waals surface area contributed by atoms with Gasteiger partial charge >= 0.3 is 6.09 Å². The van der Waals surface area contributed by atoms with Crippen LogP contribution < -0.4 is 26.6 Å². The Morgan fingerprint density at radius 2 is 1.53 bits per heavy atom. The molecule has 14 nitrogen and oxygen atoms in total. The lowest BCUT2D eigenvalue weighted by molar-refractivity contribution is -0.142. The van der Waals surface area contributed by atoms with Crippen LogP contribution in [0.1, 0.15) is 82.8 Å². The molecule has 2 aromatic carbocycles. The van der Waals surface area contributed by atoms with Gasteiger partial charge in [0.15, 0.2) is 0 Å². The molecule has 0 aromatic heterocycles. The maximum absolute atomic E-state index is 14.4. The molecule has 4 atom stereocenters. The van der Waals surface area contributed by atoms with Crippen molar-refractivity contribution in [1.82, 2.24) is 31.5 Å². The maximum Gasteiger partial charge on any atom is 0.407 e. The molecule has 294 valence electrons. The lowest BCUT2D eigenvalue weighted by Crippen LogP contribution is -2.56. The molecule has 55 heavy (non-hydrogen) atoms. The molecule has 5 N–H and O–H groups in total. The number of Topliss-reactive ketones (excluding diaryl/α,β-unsaturated/α-hetero) is 1. The number of hydrogen-bond donors (Lipinski definition) is 5. The van der Waals surface area contributed by atoms with Crippen molar-refractivity contribution < 1.29 is 38.3 Å². The molecule has 3 aliphatic rings. The van der Waals surface area contributed by atoms with E-state index in [4.69, 9.17) is 4.74 Å². The lowest BCUT2D eigenvalue weighted by Gasteiger charge is -2.30. The predicted octanol–water partition coefficient (Wildman–Crippen LogP) is 2.85. The highest BCUT2D eigenvalue weighted by atomic mass is 16.5. The second-order valence-corrected chi connectivity index (χ2v) is 14.6. The zero-order valence-corrected chi connectivity index (χ0v) is 31.7. The molecule has 0 bridgehead atoms. The van der Waals surface area contributed by atoms with E-state index in [1.165, 1.54) is 24.0 Å². The first-order chi connectivity index (χ1) is 26.4. The summed E-state index contributed by atoms with van der Waals surface area (Å²) in [6.45, 7) is 4.66. The van der Waals surface area contributed by atoms with Crippen molar-refractivity contribution in [2.24, 2.45) is 5.92 Å². The quantitative estimate of drug-likeness (QED) is 0.267. The van der Waals surface area contributed by atoms with Gasteiger partial charge in [0, 0.05) is 31.1 Å². The van der Waals surface area contributed by atoms with Crippen LogP contribution in [0.4, 0.5) is 4.79 Å². The van der Waals surface area contributed by atoms with Gasteiger partial charge < -0.3 is 36.2 Å². The van der Waals surface area contributed by atoms with E-state index in [0.717, 1.165) is 47.9 Å². The van der Waals surface area contributed by atoms with Crippen molar-refractivity contribution in [2.75, 3.05) is 26.2 Å². The molecule has 6 amide bonds. The number of ether oxygens (including phenoxy) is 1. The Morgan fingerprint density at radius 3 is 2.18 bits per heavy atom. The summed E-state index contributed by atoms with van der Waals surface area (Å²) in [5.41, 5.74) is 4.19. The molecular formula is C41H52N6O8. The number of ketones is 1. The summed E-state index contributed by atoms with van der Waals surface area (Å²) in [4.78, 5) is 94.5. The van der Waals surface area contributed by atoms with E-state index in [-0.39, 0.29) is 44.4 Å². The van der Waals surface area contributed by atoms with Gasteiger partial charge in [-0.1, -0.05) is 80.8 Å². The lowest BCUT2D eigenvalue weighted by atomic mass is 9.98. The smallest absolute Gasteiger partial charge is 0.407 e. The van der Waals surface area contributed by atoms with Crippen LogP contribution in [0, 0.1) is 5.92 Å². The van der Waals surface area contributed by atoms with Gasteiger partial charge in [-0.15, -0.1) is 0 Å². The normalized spacial score (nSPS) is 23.6. The first-order valence-electron chi connectivity index (χ1n) is 19.3. The van der Waals surface area contributed by atoms with Gasteiger partial charge in [-0.3, -0.25) is 28.8 Å². The van der Waals surface area contributed by atoms with E-state index in [1.54, 1.807) is 13.8 Å². The fourth-order valence-corrected chi connectivity index (χ4v) is 7.49. The zero-order chi connectivity index (χ0) is 39.5. The first kappa shape index (κ1) is 40.7. The summed E-state index contributed by atoms with van der Waals surface area (Å²) < 4.78 is 5.77. The van der Waals surface area contributed by atoms with Crippen molar-refractivity contribution in [2.45, 2.75) is 95.8 Å². The van der Waals surface area contributed by atoms with Crippen molar-refractivity contribution >= 4 is 41.4 Å². The Balaban J connectivity index is 1.37. The fraction of sp³-hybridized carbons (Fsp3) is 0.488. The van der Waals surface area contributed by atoms with Crippen LogP contribution >= 0.6 is 0 Å². The number of amides is 6. The molecule has 1 heterocycles. The van der Waals surface area contributed by atoms with Crippen LogP contribution in [0.5, 0.6) is 0 Å². The predicted molar refractivity (Wildman–Crippen MR) is 204 cm³/mol. The average molecular weight is 757 g/mol.